The molecule has 20 heavy (non-hydrogen) atoms. The number of benzene rings is 1. The molecule has 1 rings (SSSR count). The molecule has 0 fully saturated rings. The normalized spacial score (nSPS) is 13.3. The lowest BCUT2D eigenvalue weighted by atomic mass is 9.84. The number of hydrogen-bond acceptors (Lipinski definition) is 5. The number of hydrogen-bond donors (Lipinski definition) is 1. The second kappa shape index (κ2) is 6.14. The van der Waals surface area contributed by atoms with E-state index in [2.05, 4.69) is 4.74 Å². The molecule has 0 amide bonds. The number of carbonyl (C=O) groups is 2. The van der Waals surface area contributed by atoms with Gasteiger partial charge < -0.3 is 9.84 Å². The topological polar surface area (TPSA) is 107 Å². The predicted octanol–water partition coefficient (Wildman–Crippen LogP) is 1.79. The standard InChI is InChI=1S/C13H15NO6/c1-13(11(15)16,12(17)20-2)8-7-9-3-5-10(6-4-9)14(18)19/h3-6H,7-8H2,1-2H3,(H,15,16). The van der Waals surface area contributed by atoms with Crippen LogP contribution in [0.2, 0.25) is 0 Å². The lowest BCUT2D eigenvalue weighted by Crippen LogP contribution is -2.37. The maximum Gasteiger partial charge on any atom is 0.322 e. The van der Waals surface area contributed by atoms with Crippen molar-refractivity contribution in [2.45, 2.75) is 19.8 Å². The van der Waals surface area contributed by atoms with Crippen molar-refractivity contribution >= 4 is 17.6 Å². The summed E-state index contributed by atoms with van der Waals surface area (Å²) < 4.78 is 4.51. The second-order valence-corrected chi connectivity index (χ2v) is 4.55. The van der Waals surface area contributed by atoms with Crippen LogP contribution >= 0.6 is 0 Å². The van der Waals surface area contributed by atoms with Crippen molar-refractivity contribution in [2.24, 2.45) is 5.41 Å². The van der Waals surface area contributed by atoms with Gasteiger partial charge in [-0.2, -0.15) is 0 Å². The number of nitro benzene ring substituents is 1. The summed E-state index contributed by atoms with van der Waals surface area (Å²) in [6, 6.07) is 5.76. The molecule has 0 heterocycles. The molecule has 108 valence electrons. The van der Waals surface area contributed by atoms with Crippen molar-refractivity contribution < 1.29 is 24.4 Å². The van der Waals surface area contributed by atoms with Gasteiger partial charge in [0.1, 0.15) is 0 Å². The van der Waals surface area contributed by atoms with Crippen LogP contribution in [0.15, 0.2) is 24.3 Å². The van der Waals surface area contributed by atoms with E-state index in [1.54, 1.807) is 0 Å². The number of methoxy groups -OCH3 is 1. The zero-order valence-corrected chi connectivity index (χ0v) is 11.2. The van der Waals surface area contributed by atoms with Crippen LogP contribution in [0, 0.1) is 15.5 Å². The molecule has 1 aromatic rings. The number of carboxylic acids is 1. The first-order valence-electron chi connectivity index (χ1n) is 5.86. The molecule has 7 nitrogen and oxygen atoms in total. The van der Waals surface area contributed by atoms with E-state index in [0.717, 1.165) is 7.11 Å². The number of non-ortho nitro benzene ring substituents is 1. The van der Waals surface area contributed by atoms with Crippen molar-refractivity contribution in [3.8, 4) is 0 Å². The minimum absolute atomic E-state index is 0.0392. The van der Waals surface area contributed by atoms with Crippen molar-refractivity contribution in [3.05, 3.63) is 39.9 Å². The molecule has 7 heteroatoms. The largest absolute Gasteiger partial charge is 0.480 e. The van der Waals surface area contributed by atoms with E-state index in [9.17, 15) is 19.7 Å². The Kier molecular flexibility index (Phi) is 4.79. The highest BCUT2D eigenvalue weighted by molar-refractivity contribution is 5.98. The lowest BCUT2D eigenvalue weighted by molar-refractivity contribution is -0.384. The number of carbonyl (C=O) groups excluding carboxylic acids is 1. The Morgan fingerprint density at radius 1 is 1.35 bits per heavy atom. The molecule has 1 aromatic carbocycles. The average Bonchev–Trinajstić information content (AvgIpc) is 2.43. The third-order valence-corrected chi connectivity index (χ3v) is 3.17. The van der Waals surface area contributed by atoms with Gasteiger partial charge in [-0.3, -0.25) is 19.7 Å². The number of nitro groups is 1. The summed E-state index contributed by atoms with van der Waals surface area (Å²) in [5, 5.41) is 19.7. The fraction of sp³-hybridized carbons (Fsp3) is 0.385. The van der Waals surface area contributed by atoms with E-state index in [1.165, 1.54) is 31.2 Å². The van der Waals surface area contributed by atoms with Gasteiger partial charge in [-0.05, 0) is 25.3 Å². The summed E-state index contributed by atoms with van der Waals surface area (Å²) in [7, 11) is 1.13. The highest BCUT2D eigenvalue weighted by Crippen LogP contribution is 2.26. The predicted molar refractivity (Wildman–Crippen MR) is 69.2 cm³/mol. The Morgan fingerprint density at radius 3 is 2.30 bits per heavy atom. The summed E-state index contributed by atoms with van der Waals surface area (Å²) >= 11 is 0. The molecule has 1 N–H and O–H groups in total. The first-order chi connectivity index (χ1) is 9.31. The van der Waals surface area contributed by atoms with Gasteiger partial charge in [0, 0.05) is 12.1 Å². The van der Waals surface area contributed by atoms with Crippen LogP contribution in [-0.2, 0) is 20.7 Å². The van der Waals surface area contributed by atoms with E-state index in [4.69, 9.17) is 5.11 Å². The molecule has 1 atom stereocenters. The fourth-order valence-electron chi connectivity index (χ4n) is 1.70. The number of ether oxygens (including phenoxy) is 1. The van der Waals surface area contributed by atoms with Gasteiger partial charge in [0.2, 0.25) is 0 Å². The molecule has 0 saturated carbocycles. The highest BCUT2D eigenvalue weighted by Gasteiger charge is 2.42. The minimum atomic E-state index is -1.63. The second-order valence-electron chi connectivity index (χ2n) is 4.55. The van der Waals surface area contributed by atoms with Crippen LogP contribution < -0.4 is 0 Å². The van der Waals surface area contributed by atoms with Crippen LogP contribution in [0.25, 0.3) is 0 Å². The fourth-order valence-corrected chi connectivity index (χ4v) is 1.70. The number of carboxylic acid groups (broad SMARTS) is 1. The molecule has 0 aliphatic heterocycles. The number of nitrogens with zero attached hydrogens (tertiary/aromatic N) is 1. The summed E-state index contributed by atoms with van der Waals surface area (Å²) in [5.74, 6) is -2.07. The molecule has 1 unspecified atom stereocenters. The van der Waals surface area contributed by atoms with E-state index in [-0.39, 0.29) is 12.1 Å². The van der Waals surface area contributed by atoms with Gasteiger partial charge in [0.05, 0.1) is 12.0 Å². The van der Waals surface area contributed by atoms with Gasteiger partial charge in [-0.1, -0.05) is 12.1 Å². The molecule has 0 spiro atoms. The monoisotopic (exact) mass is 281 g/mol. The highest BCUT2D eigenvalue weighted by atomic mass is 16.6. The molecular weight excluding hydrogens is 266 g/mol. The Bertz CT molecular complexity index is 524. The SMILES string of the molecule is COC(=O)C(C)(CCc1ccc([N+](=O)[O-])cc1)C(=O)O. The summed E-state index contributed by atoms with van der Waals surface area (Å²) in [4.78, 5) is 32.7. The summed E-state index contributed by atoms with van der Waals surface area (Å²) in [5.41, 5.74) is -0.953. The third kappa shape index (κ3) is 3.31. The van der Waals surface area contributed by atoms with Crippen LogP contribution in [0.3, 0.4) is 0 Å². The molecule has 0 bridgehead atoms. The molecule has 0 aliphatic rings. The van der Waals surface area contributed by atoms with Gasteiger partial charge >= 0.3 is 11.9 Å². The Balaban J connectivity index is 2.80. The van der Waals surface area contributed by atoms with Crippen LogP contribution in [-0.4, -0.2) is 29.1 Å². The van der Waals surface area contributed by atoms with Gasteiger partial charge in [0.15, 0.2) is 5.41 Å². The van der Waals surface area contributed by atoms with Crippen molar-refractivity contribution in [2.75, 3.05) is 7.11 Å². The zero-order chi connectivity index (χ0) is 15.3. The quantitative estimate of drug-likeness (QED) is 0.368. The Labute approximate surface area is 115 Å². The molecule has 0 radical (unpaired) electrons. The van der Waals surface area contributed by atoms with Crippen LogP contribution in [0.4, 0.5) is 5.69 Å². The maximum absolute atomic E-state index is 11.5. The molecule has 0 aromatic heterocycles. The minimum Gasteiger partial charge on any atom is -0.480 e. The lowest BCUT2D eigenvalue weighted by Gasteiger charge is -2.21. The smallest absolute Gasteiger partial charge is 0.322 e. The van der Waals surface area contributed by atoms with E-state index in [0.29, 0.717) is 12.0 Å². The van der Waals surface area contributed by atoms with E-state index < -0.39 is 22.3 Å². The van der Waals surface area contributed by atoms with E-state index in [1.807, 2.05) is 0 Å². The molecular formula is C13H15NO6. The third-order valence-electron chi connectivity index (χ3n) is 3.17. The van der Waals surface area contributed by atoms with Gasteiger partial charge in [-0.15, -0.1) is 0 Å². The summed E-state index contributed by atoms with van der Waals surface area (Å²) in [6.07, 6.45) is 0.350. The van der Waals surface area contributed by atoms with Crippen LogP contribution in [0.5, 0.6) is 0 Å². The van der Waals surface area contributed by atoms with E-state index >= 15 is 0 Å². The molecule has 0 aliphatic carbocycles. The number of esters is 1. The first-order valence-corrected chi connectivity index (χ1v) is 5.86. The van der Waals surface area contributed by atoms with Crippen molar-refractivity contribution in [1.82, 2.24) is 0 Å². The van der Waals surface area contributed by atoms with Gasteiger partial charge in [0.25, 0.3) is 5.69 Å². The Morgan fingerprint density at radius 2 is 1.90 bits per heavy atom. The van der Waals surface area contributed by atoms with Crippen molar-refractivity contribution in [1.29, 1.82) is 0 Å². The maximum atomic E-state index is 11.5. The average molecular weight is 281 g/mol. The van der Waals surface area contributed by atoms with Crippen LogP contribution in [0.1, 0.15) is 18.9 Å². The summed E-state index contributed by atoms with van der Waals surface area (Å²) in [6.45, 7) is 1.30. The molecule has 0 saturated heterocycles. The number of aryl methyl sites for hydroxylation is 1. The first kappa shape index (κ1) is 15.6. The zero-order valence-electron chi connectivity index (χ0n) is 11.2. The number of aliphatic carboxylic acids is 1. The van der Waals surface area contributed by atoms with Crippen molar-refractivity contribution in [3.63, 3.8) is 0 Å². The van der Waals surface area contributed by atoms with Gasteiger partial charge in [-0.25, -0.2) is 0 Å². The number of rotatable bonds is 6. The Hall–Kier alpha value is -2.44.